The minimum atomic E-state index is -5.10. The fourth-order valence-corrected chi connectivity index (χ4v) is 12.3. The van der Waals surface area contributed by atoms with Crippen molar-refractivity contribution < 1.29 is 72.1 Å². The van der Waals surface area contributed by atoms with E-state index in [0.717, 1.165) is 96.5 Å². The Bertz CT molecular complexity index is 5060. The zero-order chi connectivity index (χ0) is 86.6. The summed E-state index contributed by atoms with van der Waals surface area (Å²) in [5.74, 6) is -4.61. The molecule has 0 radical (unpaired) electrons. The van der Waals surface area contributed by atoms with Gasteiger partial charge in [-0.15, -0.1) is 0 Å². The molecule has 0 saturated carbocycles. The molecule has 0 spiro atoms. The van der Waals surface area contributed by atoms with Crippen molar-refractivity contribution in [2.24, 2.45) is 5.89 Å². The summed E-state index contributed by atoms with van der Waals surface area (Å²) in [6.45, 7) is -5.80. The van der Waals surface area contributed by atoms with E-state index >= 15 is 0 Å². The van der Waals surface area contributed by atoms with Crippen molar-refractivity contribution in [2.45, 2.75) is 134 Å². The third-order valence-corrected chi connectivity index (χ3v) is 17.6. The zero-order valence-corrected chi connectivity index (χ0v) is 54.6. The van der Waals surface area contributed by atoms with Crippen LogP contribution in [0.5, 0.6) is 0 Å². The third kappa shape index (κ3) is 19.0. The van der Waals surface area contributed by atoms with Crippen LogP contribution >= 0.6 is 23.5 Å². The zero-order valence-electron chi connectivity index (χ0n) is 73.0. The maximum Gasteiger partial charge on any atom is 0.416 e. The highest BCUT2D eigenvalue weighted by atomic mass is 32.2. The molecule has 0 bridgehead atoms. The minimum Gasteiger partial charge on any atom is -0.336 e. The molecule has 1 atom stereocenters. The number of carbonyl (C=O) groups excluding carboxylic acids is 2. The number of hydrogen-bond acceptors (Lipinski definition) is 10. The van der Waals surface area contributed by atoms with Crippen LogP contribution in [0.3, 0.4) is 0 Å². The number of aromatic nitrogens is 4. The normalized spacial score (nSPS) is 19.0. The SMILES string of the molecule is [2H]C([2H])(C)N(CCN(Cc1ccc(-c2ccc(C(F)(F)F)cc2)cc1)C(=O)Cn1c(SCc2ccc(F)cc2)nc(=O)c2c1C([2H])([2H])C([2H])(C)C2([2H])[2H])C([2H])([2H])C.[2H]c1c([2H])c(-c2c([2H])c([2H])c(C(F)(F)F)c(C)c2[2H])c([2H])c([2H])c1CN(CCN(C([2H])([2H])C)C([2H])([2H])C)C(=O)Cn1c(SCc2ccc(F)cc2)nc(=O)c2c1CCC2. The van der Waals surface area contributed by atoms with Crippen LogP contribution in [0.15, 0.2) is 159 Å². The van der Waals surface area contributed by atoms with Crippen molar-refractivity contribution >= 4 is 35.3 Å². The molecule has 12 nitrogen and oxygen atoms in total. The number of rotatable bonds is 26. The molecule has 6 aromatic carbocycles. The Morgan fingerprint density at radius 1 is 0.573 bits per heavy atom. The topological polar surface area (TPSA) is 117 Å². The number of thioether (sulfide) groups is 2. The number of fused-ring (bicyclic) bond motifs is 2. The standard InChI is InChI=1S/2C37H40F4N4O2S/c1-4-43(5-2)18-19-44(22-26-6-10-28(11-7-26)29-12-14-30(15-13-29)37(39,40)41)34(46)23-45-33-21-25(3)20-32(33)35(47)42-36(45)48-24-27-8-16-31(38)17-9-27;1-4-43(5-2)19-20-44(22-26-9-13-28(14-10-26)29-15-18-32(25(3)21-29)37(39,40)41)34(46)23-45-33-8-6-7-31(33)35(47)42-36(45)48-24-27-11-16-30(38)17-12-27/h6-17,25H,4-5,18-24H2,1-3H3;9-18,21H,4-8,19-20,22-24H2,1-3H3/i4D2,5D2,20D2,21D2,25D;4D2,5D2,9D,10D,13D,14D,15D,18D,21D. The number of likely N-dealkylation sites (N-methyl/N-ethyl adjacent to an activating group) is 2. The van der Waals surface area contributed by atoms with Gasteiger partial charge in [-0.3, -0.25) is 19.2 Å². The van der Waals surface area contributed by atoms with Gasteiger partial charge in [-0.2, -0.15) is 36.3 Å². The van der Waals surface area contributed by atoms with E-state index in [4.69, 9.17) is 27.4 Å². The molecular weight excluding hydrogens is 1280 g/mol. The lowest BCUT2D eigenvalue weighted by Crippen LogP contribution is -2.40. The van der Waals surface area contributed by atoms with Crippen molar-refractivity contribution in [3.05, 3.63) is 233 Å². The summed E-state index contributed by atoms with van der Waals surface area (Å²) >= 11 is 2.03. The van der Waals surface area contributed by atoms with E-state index in [9.17, 15) is 54.3 Å². The van der Waals surface area contributed by atoms with E-state index in [0.29, 0.717) is 58.3 Å². The molecule has 1 unspecified atom stereocenters. The number of amides is 2. The van der Waals surface area contributed by atoms with Gasteiger partial charge in [0, 0.05) is 91.1 Å². The summed E-state index contributed by atoms with van der Waals surface area (Å²) in [5.41, 5.74) is -3.91. The number of nitrogens with zero attached hydrogens (tertiary/aromatic N) is 8. The third-order valence-electron chi connectivity index (χ3n) is 15.5. The first kappa shape index (κ1) is 49.6. The van der Waals surface area contributed by atoms with Crippen molar-refractivity contribution in [3.63, 3.8) is 0 Å². The van der Waals surface area contributed by atoms with Crippen LogP contribution in [0.2, 0.25) is 0 Å². The first-order valence-electron chi connectivity index (χ1n) is 40.1. The molecule has 96 heavy (non-hydrogen) atoms. The fourth-order valence-electron chi connectivity index (χ4n) is 10.4. The number of carbonyl (C=O) groups is 2. The Kier molecular flexibility index (Phi) is 17.0. The molecule has 508 valence electrons. The van der Waals surface area contributed by atoms with Crippen molar-refractivity contribution in [2.75, 3.05) is 52.2 Å². The Labute approximate surface area is 591 Å². The van der Waals surface area contributed by atoms with Gasteiger partial charge >= 0.3 is 12.4 Å². The number of hydrogen-bond donors (Lipinski definition) is 0. The molecule has 2 aromatic heterocycles. The highest BCUT2D eigenvalue weighted by Gasteiger charge is 2.34. The fraction of sp³-hybridized carbons (Fsp3) is 0.378. The molecule has 2 heterocycles. The summed E-state index contributed by atoms with van der Waals surface area (Å²) in [6.07, 6.45) is -13.9. The van der Waals surface area contributed by atoms with Crippen LogP contribution in [0.4, 0.5) is 35.1 Å². The number of alkyl halides is 6. The number of benzene rings is 6. The van der Waals surface area contributed by atoms with E-state index in [1.807, 2.05) is 0 Å². The Morgan fingerprint density at radius 3 is 1.52 bits per heavy atom. The van der Waals surface area contributed by atoms with Crippen LogP contribution in [-0.4, -0.2) is 103 Å². The molecule has 10 rings (SSSR count). The van der Waals surface area contributed by atoms with E-state index in [-0.39, 0.29) is 47.0 Å². The van der Waals surface area contributed by atoms with Crippen molar-refractivity contribution in [1.82, 2.24) is 38.7 Å². The van der Waals surface area contributed by atoms with E-state index in [1.54, 1.807) is 41.0 Å². The second-order valence-electron chi connectivity index (χ2n) is 22.0. The van der Waals surface area contributed by atoms with E-state index in [1.165, 1.54) is 53.4 Å². The smallest absolute Gasteiger partial charge is 0.336 e. The summed E-state index contributed by atoms with van der Waals surface area (Å²) < 4.78 is 281. The van der Waals surface area contributed by atoms with Gasteiger partial charge < -0.3 is 28.7 Å². The van der Waals surface area contributed by atoms with Gasteiger partial charge in [0.15, 0.2) is 10.3 Å². The average Bonchev–Trinajstić information content (AvgIpc) is 1.52. The van der Waals surface area contributed by atoms with Gasteiger partial charge in [0.05, 0.1) is 20.7 Å². The van der Waals surface area contributed by atoms with Crippen LogP contribution < -0.4 is 11.1 Å². The Balaban J connectivity index is 0.000000265. The molecular formula is C74H80F8N8O4S2. The maximum atomic E-state index is 14.5. The summed E-state index contributed by atoms with van der Waals surface area (Å²) in [4.78, 5) is 67.9. The van der Waals surface area contributed by atoms with Crippen LogP contribution in [0.25, 0.3) is 22.3 Å². The largest absolute Gasteiger partial charge is 0.416 e. The first-order chi connectivity index (χ1) is 53.4. The van der Waals surface area contributed by atoms with Crippen LogP contribution in [0.1, 0.15) is 130 Å². The Hall–Kier alpha value is -7.92. The quantitative estimate of drug-likeness (QED) is 0.0295. The van der Waals surface area contributed by atoms with Crippen molar-refractivity contribution in [1.29, 1.82) is 0 Å². The van der Waals surface area contributed by atoms with Gasteiger partial charge in [-0.1, -0.05) is 155 Å². The molecule has 22 heteroatoms. The molecule has 0 saturated heterocycles. The van der Waals surface area contributed by atoms with Gasteiger partial charge in [-0.25, -0.2) is 8.78 Å². The van der Waals surface area contributed by atoms with Crippen LogP contribution in [0, 0.1) is 24.5 Å². The average molecular weight is 1380 g/mol. The highest BCUT2D eigenvalue weighted by molar-refractivity contribution is 7.98. The lowest BCUT2D eigenvalue weighted by Gasteiger charge is -2.28. The summed E-state index contributed by atoms with van der Waals surface area (Å²) in [5, 5.41) is -0.0117. The lowest BCUT2D eigenvalue weighted by atomic mass is 9.98. The maximum absolute atomic E-state index is 14.5. The molecule has 2 aliphatic rings. The van der Waals surface area contributed by atoms with Gasteiger partial charge in [0.25, 0.3) is 11.1 Å². The summed E-state index contributed by atoms with van der Waals surface area (Å²) in [6, 6.07) is 15.6. The molecule has 0 N–H and O–H groups in total. The Morgan fingerprint density at radius 2 is 1.03 bits per heavy atom. The minimum absolute atomic E-state index is 0.0782. The molecule has 0 aliphatic heterocycles. The van der Waals surface area contributed by atoms with Gasteiger partial charge in [0.1, 0.15) is 24.7 Å². The predicted octanol–water partition coefficient (Wildman–Crippen LogP) is 15.0. The second kappa shape index (κ2) is 32.9. The van der Waals surface area contributed by atoms with E-state index in [2.05, 4.69) is 9.97 Å². The molecule has 8 aromatic rings. The number of halogens is 8. The second-order valence-corrected chi connectivity index (χ2v) is 23.9. The van der Waals surface area contributed by atoms with Gasteiger partial charge in [0.2, 0.25) is 11.8 Å². The van der Waals surface area contributed by atoms with Gasteiger partial charge in [-0.05, 0) is 163 Å². The molecule has 2 aliphatic carbocycles. The highest BCUT2D eigenvalue weighted by Crippen LogP contribution is 2.36. The monoisotopic (exact) mass is 1380 g/mol. The molecule has 0 fully saturated rings. The van der Waals surface area contributed by atoms with Crippen LogP contribution in [-0.2, 0) is 85.2 Å². The first-order valence-corrected chi connectivity index (χ1v) is 32.1. The molecule has 2 amide bonds. The van der Waals surface area contributed by atoms with E-state index < -0.39 is 206 Å². The lowest BCUT2D eigenvalue weighted by molar-refractivity contribution is -0.138. The predicted molar refractivity (Wildman–Crippen MR) is 362 cm³/mol. The summed E-state index contributed by atoms with van der Waals surface area (Å²) in [7, 11) is 0. The van der Waals surface area contributed by atoms with Crippen molar-refractivity contribution in [3.8, 4) is 22.3 Å².